The van der Waals surface area contributed by atoms with Gasteiger partial charge in [-0.15, -0.1) is 0 Å². The van der Waals surface area contributed by atoms with Gasteiger partial charge in [-0.2, -0.15) is 0 Å². The van der Waals surface area contributed by atoms with Crippen LogP contribution in [0.2, 0.25) is 0 Å². The number of aromatic nitrogens is 1. The number of aliphatic hydroxyl groups excluding tert-OH is 1. The van der Waals surface area contributed by atoms with Gasteiger partial charge in [0.05, 0.1) is 25.1 Å². The van der Waals surface area contributed by atoms with Gasteiger partial charge in [-0.3, -0.25) is 4.98 Å². The second kappa shape index (κ2) is 9.02. The maximum absolute atomic E-state index is 14.0. The van der Waals surface area contributed by atoms with Crippen molar-refractivity contribution >= 4 is 0 Å². The Morgan fingerprint density at radius 2 is 2.09 bits per heavy atom. The maximum atomic E-state index is 14.0. The number of hydrogen-bond acceptors (Lipinski definition) is 5. The zero-order valence-corrected chi connectivity index (χ0v) is 13.9. The van der Waals surface area contributed by atoms with E-state index in [4.69, 9.17) is 9.47 Å². The number of methoxy groups -OCH3 is 1. The van der Waals surface area contributed by atoms with Crippen molar-refractivity contribution in [1.29, 1.82) is 0 Å². The smallest absolute Gasteiger partial charge is 0.149 e. The summed E-state index contributed by atoms with van der Waals surface area (Å²) in [7, 11) is 1.58. The Morgan fingerprint density at radius 3 is 2.64 bits per heavy atom. The molecule has 0 amide bonds. The van der Waals surface area contributed by atoms with Crippen molar-refractivity contribution in [3.63, 3.8) is 0 Å². The first kappa shape index (κ1) is 18.8. The number of ether oxygens (including phenoxy) is 2. The Morgan fingerprint density at radius 1 is 1.36 bits per heavy atom. The highest BCUT2D eigenvalue weighted by molar-refractivity contribution is 5.21. The van der Waals surface area contributed by atoms with Crippen LogP contribution in [0.5, 0.6) is 5.75 Å². The van der Waals surface area contributed by atoms with E-state index in [1.165, 1.54) is 12.3 Å². The van der Waals surface area contributed by atoms with Gasteiger partial charge in [0.1, 0.15) is 18.2 Å². The lowest BCUT2D eigenvalue weighted by Gasteiger charge is -2.25. The summed E-state index contributed by atoms with van der Waals surface area (Å²) in [5.74, 6) is -0.0402. The van der Waals surface area contributed by atoms with Crippen molar-refractivity contribution < 1.29 is 19.0 Å². The molecule has 1 rings (SSSR count). The molecule has 0 unspecified atom stereocenters. The van der Waals surface area contributed by atoms with E-state index in [2.05, 4.69) is 31.1 Å². The number of nitrogens with one attached hydrogen (secondary N) is 1. The summed E-state index contributed by atoms with van der Waals surface area (Å²) in [5.41, 5.74) is 0.400. The van der Waals surface area contributed by atoms with Crippen molar-refractivity contribution in [3.05, 3.63) is 23.8 Å². The number of nitrogens with zero attached hydrogens (tertiary/aromatic N) is 1. The number of hydrogen-bond donors (Lipinski definition) is 2. The van der Waals surface area contributed by atoms with Crippen LogP contribution in [0, 0.1) is 11.2 Å². The normalized spacial score (nSPS) is 13.2. The molecule has 5 nitrogen and oxygen atoms in total. The highest BCUT2D eigenvalue weighted by Crippen LogP contribution is 2.21. The van der Waals surface area contributed by atoms with Crippen LogP contribution in [0.25, 0.3) is 0 Å². The number of aliphatic hydroxyl groups is 1. The van der Waals surface area contributed by atoms with E-state index in [1.54, 1.807) is 7.11 Å². The van der Waals surface area contributed by atoms with Crippen LogP contribution in [-0.2, 0) is 11.3 Å². The minimum absolute atomic E-state index is 0.0110. The molecule has 0 bridgehead atoms. The molecule has 1 aromatic heterocycles. The molecule has 0 saturated heterocycles. The van der Waals surface area contributed by atoms with E-state index < -0.39 is 5.82 Å². The van der Waals surface area contributed by atoms with Crippen LogP contribution < -0.4 is 10.1 Å². The van der Waals surface area contributed by atoms with Gasteiger partial charge in [-0.25, -0.2) is 4.39 Å². The third-order valence-corrected chi connectivity index (χ3v) is 3.09. The predicted octanol–water partition coefficient (Wildman–Crippen LogP) is 2.13. The van der Waals surface area contributed by atoms with Crippen molar-refractivity contribution in [2.75, 3.05) is 26.9 Å². The molecule has 1 heterocycles. The molecular formula is C16H27FN2O3. The Hall–Kier alpha value is -1.24. The molecule has 0 aliphatic rings. The van der Waals surface area contributed by atoms with Crippen LogP contribution in [-0.4, -0.2) is 43.1 Å². The summed E-state index contributed by atoms with van der Waals surface area (Å²) in [4.78, 5) is 4.07. The van der Waals surface area contributed by atoms with E-state index >= 15 is 0 Å². The van der Waals surface area contributed by atoms with Crippen LogP contribution >= 0.6 is 0 Å². The van der Waals surface area contributed by atoms with E-state index in [1.807, 2.05) is 0 Å². The maximum Gasteiger partial charge on any atom is 0.149 e. The summed E-state index contributed by atoms with van der Waals surface area (Å²) in [6.07, 6.45) is 2.29. The van der Waals surface area contributed by atoms with Crippen molar-refractivity contribution in [2.45, 2.75) is 39.8 Å². The molecule has 1 atom stereocenters. The van der Waals surface area contributed by atoms with Crippen molar-refractivity contribution in [3.8, 4) is 5.75 Å². The molecule has 1 aromatic rings. The van der Waals surface area contributed by atoms with Crippen molar-refractivity contribution in [1.82, 2.24) is 10.3 Å². The Balaban J connectivity index is 2.55. The summed E-state index contributed by atoms with van der Waals surface area (Å²) < 4.78 is 24.1. The van der Waals surface area contributed by atoms with Gasteiger partial charge in [0.15, 0.2) is 0 Å². The first-order valence-electron chi connectivity index (χ1n) is 7.46. The highest BCUT2D eigenvalue weighted by Gasteiger charge is 2.18. The van der Waals surface area contributed by atoms with Crippen LogP contribution in [0.1, 0.15) is 32.9 Å². The Kier molecular flexibility index (Phi) is 7.72. The summed E-state index contributed by atoms with van der Waals surface area (Å²) in [6.45, 7) is 7.37. The van der Waals surface area contributed by atoms with E-state index in [9.17, 15) is 9.50 Å². The fraction of sp³-hybridized carbons (Fsp3) is 0.688. The summed E-state index contributed by atoms with van der Waals surface area (Å²) in [5, 5.41) is 12.5. The molecule has 22 heavy (non-hydrogen) atoms. The van der Waals surface area contributed by atoms with E-state index in [0.29, 0.717) is 24.7 Å². The van der Waals surface area contributed by atoms with Crippen LogP contribution in [0.3, 0.4) is 0 Å². The van der Waals surface area contributed by atoms with Gasteiger partial charge in [-0.05, 0) is 11.8 Å². The fourth-order valence-electron chi connectivity index (χ4n) is 2.08. The molecule has 0 spiro atoms. The Labute approximate surface area is 131 Å². The minimum Gasteiger partial charge on any atom is -0.489 e. The number of rotatable bonds is 9. The number of halogens is 1. The molecular weight excluding hydrogens is 287 g/mol. The standard InChI is InChI=1S/C16H27FN2O3/c1-16(2,3)8-12(11-20)18-10-15-14(17)7-13(9-19-15)22-6-5-21-4/h7,9,12,18,20H,5-6,8,10-11H2,1-4H3/t12-/m1/s1. The first-order valence-corrected chi connectivity index (χ1v) is 7.46. The van der Waals surface area contributed by atoms with Crippen LogP contribution in [0.4, 0.5) is 4.39 Å². The molecule has 0 aliphatic carbocycles. The van der Waals surface area contributed by atoms with Gasteiger partial charge in [0.2, 0.25) is 0 Å². The third kappa shape index (κ3) is 7.15. The minimum atomic E-state index is -0.421. The first-order chi connectivity index (χ1) is 10.4. The zero-order valence-electron chi connectivity index (χ0n) is 13.9. The molecule has 0 aromatic carbocycles. The lowest BCUT2D eigenvalue weighted by Crippen LogP contribution is -2.36. The summed E-state index contributed by atoms with van der Waals surface area (Å²) in [6, 6.07) is 1.23. The molecule has 126 valence electrons. The molecule has 0 aliphatic heterocycles. The molecule has 2 N–H and O–H groups in total. The monoisotopic (exact) mass is 314 g/mol. The van der Waals surface area contributed by atoms with E-state index in [0.717, 1.165) is 6.42 Å². The topological polar surface area (TPSA) is 63.6 Å². The number of pyridine rings is 1. The van der Waals surface area contributed by atoms with Gasteiger partial charge in [0, 0.05) is 25.8 Å². The van der Waals surface area contributed by atoms with Gasteiger partial charge >= 0.3 is 0 Å². The van der Waals surface area contributed by atoms with Crippen molar-refractivity contribution in [2.24, 2.45) is 5.41 Å². The molecule has 0 fully saturated rings. The van der Waals surface area contributed by atoms with Crippen LogP contribution in [0.15, 0.2) is 12.3 Å². The second-order valence-electron chi connectivity index (χ2n) is 6.47. The quantitative estimate of drug-likeness (QED) is 0.684. The zero-order chi connectivity index (χ0) is 16.6. The Bertz CT molecular complexity index is 450. The van der Waals surface area contributed by atoms with Gasteiger partial charge in [0.25, 0.3) is 0 Å². The summed E-state index contributed by atoms with van der Waals surface area (Å²) >= 11 is 0. The van der Waals surface area contributed by atoms with Gasteiger partial charge in [-0.1, -0.05) is 20.8 Å². The largest absolute Gasteiger partial charge is 0.489 e. The predicted molar refractivity (Wildman–Crippen MR) is 83.4 cm³/mol. The average molecular weight is 314 g/mol. The van der Waals surface area contributed by atoms with E-state index in [-0.39, 0.29) is 24.6 Å². The molecule has 0 radical (unpaired) electrons. The molecule has 0 saturated carbocycles. The highest BCUT2D eigenvalue weighted by atomic mass is 19.1. The average Bonchev–Trinajstić information content (AvgIpc) is 2.44. The fourth-order valence-corrected chi connectivity index (χ4v) is 2.08. The van der Waals surface area contributed by atoms with Gasteiger partial charge < -0.3 is 19.9 Å². The lowest BCUT2D eigenvalue weighted by molar-refractivity contribution is 0.146. The molecule has 6 heteroatoms. The third-order valence-electron chi connectivity index (χ3n) is 3.09. The lowest BCUT2D eigenvalue weighted by atomic mass is 9.88. The SMILES string of the molecule is COCCOc1cnc(CN[C@@H](CO)CC(C)(C)C)c(F)c1. The second-order valence-corrected chi connectivity index (χ2v) is 6.47.